The summed E-state index contributed by atoms with van der Waals surface area (Å²) < 4.78 is 13.8. The van der Waals surface area contributed by atoms with Crippen LogP contribution < -0.4 is 0 Å². The van der Waals surface area contributed by atoms with Crippen molar-refractivity contribution in [3.05, 3.63) is 17.5 Å². The zero-order chi connectivity index (χ0) is 17.1. The Labute approximate surface area is 140 Å². The topological polar surface area (TPSA) is 54.7 Å². The summed E-state index contributed by atoms with van der Waals surface area (Å²) >= 11 is 0. The van der Waals surface area contributed by atoms with Gasteiger partial charge in [0, 0.05) is 12.9 Å². The summed E-state index contributed by atoms with van der Waals surface area (Å²) in [6, 6.07) is 0. The van der Waals surface area contributed by atoms with Crippen molar-refractivity contribution < 1.29 is 18.9 Å². The number of nitrogens with zero attached hydrogens (tertiary/aromatic N) is 2. The molecule has 1 aromatic rings. The molecule has 0 aliphatic carbocycles. The molecule has 1 aliphatic heterocycles. The average molecular weight is 340 g/mol. The molecule has 130 valence electrons. The summed E-state index contributed by atoms with van der Waals surface area (Å²) in [7, 11) is 0.817. The number of aryl methyl sites for hydroxylation is 1. The second-order valence-electron chi connectivity index (χ2n) is 7.60. The third-order valence-corrected chi connectivity index (χ3v) is 9.43. The van der Waals surface area contributed by atoms with Crippen LogP contribution in [0.2, 0.25) is 18.1 Å². The first-order chi connectivity index (χ1) is 10.7. The number of hydrogen-bond acceptors (Lipinski definition) is 5. The van der Waals surface area contributed by atoms with Crippen LogP contribution in [-0.4, -0.2) is 45.4 Å². The maximum absolute atomic E-state index is 6.13. The van der Waals surface area contributed by atoms with Crippen LogP contribution in [0.3, 0.4) is 0 Å². The Bertz CT molecular complexity index is 510. The van der Waals surface area contributed by atoms with E-state index in [4.69, 9.17) is 18.9 Å². The summed E-state index contributed by atoms with van der Waals surface area (Å²) in [5.41, 5.74) is 2.23. The first-order valence-corrected chi connectivity index (χ1v) is 11.1. The van der Waals surface area contributed by atoms with Crippen molar-refractivity contribution in [3.63, 3.8) is 0 Å². The minimum absolute atomic E-state index is 0.227. The minimum Gasteiger partial charge on any atom is -0.414 e. The van der Waals surface area contributed by atoms with E-state index in [-0.39, 0.29) is 10.9 Å². The van der Waals surface area contributed by atoms with Crippen molar-refractivity contribution in [2.45, 2.75) is 51.3 Å². The van der Waals surface area contributed by atoms with Gasteiger partial charge in [0.15, 0.2) is 8.32 Å². The van der Waals surface area contributed by atoms with E-state index in [2.05, 4.69) is 39.0 Å². The Kier molecular flexibility index (Phi) is 6.07. The lowest BCUT2D eigenvalue weighted by Crippen LogP contribution is -2.41. The SMILES string of the molecule is Cn1ncc(C2BOOC2)c1COCCO[Si](C)(C)C(C)(C)C. The van der Waals surface area contributed by atoms with Crippen molar-refractivity contribution in [3.8, 4) is 0 Å². The van der Waals surface area contributed by atoms with Crippen LogP contribution in [0, 0.1) is 0 Å². The van der Waals surface area contributed by atoms with Gasteiger partial charge in [-0.05, 0) is 23.7 Å². The molecule has 1 saturated heterocycles. The van der Waals surface area contributed by atoms with Gasteiger partial charge in [0.1, 0.15) is 0 Å². The summed E-state index contributed by atoms with van der Waals surface area (Å²) in [5, 5.41) is 4.56. The molecule has 1 aromatic heterocycles. The lowest BCUT2D eigenvalue weighted by atomic mass is 9.77. The van der Waals surface area contributed by atoms with Crippen LogP contribution in [0.1, 0.15) is 37.8 Å². The van der Waals surface area contributed by atoms with Gasteiger partial charge in [-0.3, -0.25) is 9.57 Å². The molecule has 6 nitrogen and oxygen atoms in total. The van der Waals surface area contributed by atoms with Gasteiger partial charge in [-0.15, -0.1) is 0 Å². The molecule has 2 rings (SSSR count). The zero-order valence-corrected chi connectivity index (χ0v) is 16.2. The van der Waals surface area contributed by atoms with Crippen LogP contribution in [0.25, 0.3) is 0 Å². The Balaban J connectivity index is 1.80. The first-order valence-electron chi connectivity index (χ1n) is 8.19. The van der Waals surface area contributed by atoms with Crippen LogP contribution in [0.5, 0.6) is 0 Å². The van der Waals surface area contributed by atoms with E-state index in [1.54, 1.807) is 0 Å². The minimum atomic E-state index is -1.69. The van der Waals surface area contributed by atoms with E-state index >= 15 is 0 Å². The van der Waals surface area contributed by atoms with Gasteiger partial charge >= 0.3 is 7.48 Å². The number of rotatable bonds is 7. The highest BCUT2D eigenvalue weighted by atomic mass is 28.4. The van der Waals surface area contributed by atoms with Crippen LogP contribution in [0.15, 0.2) is 6.20 Å². The standard InChI is InChI=1S/C15H29BN2O4Si/c1-15(2,3)23(5,6)21-8-7-19-11-14-12(9-17-18(14)4)13-10-20-22-16-13/h9,13,16H,7-8,10-11H2,1-6H3. The molecular weight excluding hydrogens is 311 g/mol. The Morgan fingerprint density at radius 1 is 1.39 bits per heavy atom. The molecule has 1 fully saturated rings. The first kappa shape index (κ1) is 18.7. The monoisotopic (exact) mass is 340 g/mol. The summed E-state index contributed by atoms with van der Waals surface area (Å²) in [4.78, 5) is 9.99. The second kappa shape index (κ2) is 7.48. The lowest BCUT2D eigenvalue weighted by Gasteiger charge is -2.36. The maximum Gasteiger partial charge on any atom is 0.333 e. The molecule has 8 heteroatoms. The van der Waals surface area contributed by atoms with Gasteiger partial charge < -0.3 is 14.0 Å². The summed E-state index contributed by atoms with van der Waals surface area (Å²) in [5.74, 6) is 0.241. The molecule has 0 saturated carbocycles. The third kappa shape index (κ3) is 4.67. The number of hydrogen-bond donors (Lipinski definition) is 0. The van der Waals surface area contributed by atoms with Gasteiger partial charge in [0.2, 0.25) is 0 Å². The van der Waals surface area contributed by atoms with E-state index in [0.717, 1.165) is 11.3 Å². The number of aromatic nitrogens is 2. The zero-order valence-electron chi connectivity index (χ0n) is 15.2. The fourth-order valence-electron chi connectivity index (χ4n) is 2.23. The van der Waals surface area contributed by atoms with Crippen molar-refractivity contribution >= 4 is 15.8 Å². The Morgan fingerprint density at radius 2 is 2.13 bits per heavy atom. The van der Waals surface area contributed by atoms with Gasteiger partial charge in [-0.2, -0.15) is 5.10 Å². The molecule has 1 unspecified atom stereocenters. The molecule has 0 amide bonds. The van der Waals surface area contributed by atoms with E-state index in [9.17, 15) is 0 Å². The van der Waals surface area contributed by atoms with Gasteiger partial charge in [-0.25, -0.2) is 0 Å². The van der Waals surface area contributed by atoms with Crippen LogP contribution in [0.4, 0.5) is 0 Å². The molecule has 0 bridgehead atoms. The van der Waals surface area contributed by atoms with E-state index in [1.165, 1.54) is 0 Å². The van der Waals surface area contributed by atoms with Gasteiger partial charge in [0.25, 0.3) is 0 Å². The highest BCUT2D eigenvalue weighted by molar-refractivity contribution is 6.74. The molecule has 2 heterocycles. The molecule has 1 atom stereocenters. The maximum atomic E-state index is 6.13. The normalized spacial score (nSPS) is 19.1. The lowest BCUT2D eigenvalue weighted by molar-refractivity contribution is -0.183. The Morgan fingerprint density at radius 3 is 2.74 bits per heavy atom. The van der Waals surface area contributed by atoms with E-state index < -0.39 is 8.32 Å². The largest absolute Gasteiger partial charge is 0.414 e. The summed E-state index contributed by atoms with van der Waals surface area (Å²) in [6.45, 7) is 13.6. The van der Waals surface area contributed by atoms with E-state index in [1.807, 2.05) is 17.9 Å². The smallest absolute Gasteiger partial charge is 0.333 e. The number of ether oxygens (including phenoxy) is 1. The fraction of sp³-hybridized carbons (Fsp3) is 0.800. The predicted octanol–water partition coefficient (Wildman–Crippen LogP) is 2.31. The quantitative estimate of drug-likeness (QED) is 0.433. The Hall–Kier alpha value is -0.668. The average Bonchev–Trinajstić information content (AvgIpc) is 3.07. The van der Waals surface area contributed by atoms with Crippen molar-refractivity contribution in [1.82, 2.24) is 9.78 Å². The molecule has 23 heavy (non-hydrogen) atoms. The predicted molar refractivity (Wildman–Crippen MR) is 92.9 cm³/mol. The molecule has 0 aromatic carbocycles. The van der Waals surface area contributed by atoms with E-state index in [0.29, 0.717) is 33.9 Å². The molecule has 0 radical (unpaired) electrons. The summed E-state index contributed by atoms with van der Waals surface area (Å²) in [6.07, 6.45) is 1.88. The van der Waals surface area contributed by atoms with Gasteiger partial charge in [0.05, 0.1) is 38.3 Å². The molecular formula is C15H29BN2O4Si. The fourth-order valence-corrected chi connectivity index (χ4v) is 3.25. The molecule has 0 N–H and O–H groups in total. The molecule has 0 spiro atoms. The van der Waals surface area contributed by atoms with Gasteiger partial charge in [-0.1, -0.05) is 20.8 Å². The highest BCUT2D eigenvalue weighted by Crippen LogP contribution is 2.36. The van der Waals surface area contributed by atoms with Crippen molar-refractivity contribution in [1.29, 1.82) is 0 Å². The van der Waals surface area contributed by atoms with Crippen LogP contribution in [-0.2, 0) is 32.5 Å². The highest BCUT2D eigenvalue weighted by Gasteiger charge is 2.36. The van der Waals surface area contributed by atoms with Crippen molar-refractivity contribution in [2.75, 3.05) is 19.8 Å². The third-order valence-electron chi connectivity index (χ3n) is 4.89. The molecule has 1 aliphatic rings. The van der Waals surface area contributed by atoms with Crippen molar-refractivity contribution in [2.24, 2.45) is 7.05 Å². The van der Waals surface area contributed by atoms with Crippen LogP contribution >= 0.6 is 0 Å². The second-order valence-corrected chi connectivity index (χ2v) is 12.4.